The number of halogens is 1. The van der Waals surface area contributed by atoms with Crippen molar-refractivity contribution >= 4 is 57.1 Å². The van der Waals surface area contributed by atoms with Gasteiger partial charge in [0.05, 0.1) is 0 Å². The second-order valence-corrected chi connectivity index (χ2v) is 8.72. The molecule has 0 amide bonds. The topological polar surface area (TPSA) is 12.0 Å². The molecule has 0 atom stereocenters. The first-order chi connectivity index (χ1) is 11.2. The second-order valence-electron chi connectivity index (χ2n) is 4.94. The van der Waals surface area contributed by atoms with E-state index in [0.717, 1.165) is 14.9 Å². The number of hydrogen-bond donors (Lipinski definition) is 1. The summed E-state index contributed by atoms with van der Waals surface area (Å²) in [7, 11) is -0.735. The highest BCUT2D eigenvalue weighted by Crippen LogP contribution is 2.36. The lowest BCUT2D eigenvalue weighted by Gasteiger charge is -2.20. The molecule has 0 saturated carbocycles. The number of nitrogens with one attached hydrogen (secondary N) is 1. The van der Waals surface area contributed by atoms with Gasteiger partial charge in [0.25, 0.3) is 0 Å². The van der Waals surface area contributed by atoms with Crippen molar-refractivity contribution in [3.63, 3.8) is 0 Å². The van der Waals surface area contributed by atoms with Crippen LogP contribution >= 0.6 is 36.1 Å². The van der Waals surface area contributed by atoms with Crippen molar-refractivity contribution in [1.29, 1.82) is 0 Å². The van der Waals surface area contributed by atoms with Crippen LogP contribution in [-0.2, 0) is 0 Å². The van der Waals surface area contributed by atoms with Crippen molar-refractivity contribution in [1.82, 2.24) is 0 Å². The lowest BCUT2D eigenvalue weighted by atomic mass is 10.3. The summed E-state index contributed by atoms with van der Waals surface area (Å²) in [5.74, 6) is 0. The molecule has 3 rings (SSSR count). The van der Waals surface area contributed by atoms with Crippen LogP contribution in [0.5, 0.6) is 0 Å². The molecule has 23 heavy (non-hydrogen) atoms. The number of benzene rings is 3. The lowest BCUT2D eigenvalue weighted by molar-refractivity contribution is 1.62. The predicted octanol–water partition coefficient (Wildman–Crippen LogP) is 5.28. The molecular formula is C19H15BrNPS. The van der Waals surface area contributed by atoms with Gasteiger partial charge in [-0.25, -0.2) is 0 Å². The van der Waals surface area contributed by atoms with Crippen LogP contribution in [0.3, 0.4) is 0 Å². The van der Waals surface area contributed by atoms with Gasteiger partial charge in [0.1, 0.15) is 4.73 Å². The summed E-state index contributed by atoms with van der Waals surface area (Å²) in [6.07, 6.45) is 0. The van der Waals surface area contributed by atoms with Gasteiger partial charge in [-0.2, -0.15) is 0 Å². The fourth-order valence-corrected chi connectivity index (χ4v) is 5.21. The number of anilines is 1. The summed E-state index contributed by atoms with van der Waals surface area (Å²) in [4.78, 5) is 0. The molecule has 3 aromatic carbocycles. The van der Waals surface area contributed by atoms with E-state index in [0.29, 0.717) is 0 Å². The first kappa shape index (κ1) is 16.3. The van der Waals surface area contributed by atoms with Crippen LogP contribution < -0.4 is 15.9 Å². The number of rotatable bonds is 4. The van der Waals surface area contributed by atoms with Gasteiger partial charge in [0.2, 0.25) is 0 Å². The Morgan fingerprint density at radius 3 is 1.70 bits per heavy atom. The molecule has 114 valence electrons. The highest BCUT2D eigenvalue weighted by Gasteiger charge is 2.18. The molecule has 0 aliphatic rings. The third kappa shape index (κ3) is 4.26. The van der Waals surface area contributed by atoms with Crippen LogP contribution in [0.15, 0.2) is 89.4 Å². The van der Waals surface area contributed by atoms with Crippen LogP contribution in [0, 0.1) is 0 Å². The molecule has 0 bridgehead atoms. The Morgan fingerprint density at radius 2 is 1.22 bits per heavy atom. The third-order valence-electron chi connectivity index (χ3n) is 3.33. The van der Waals surface area contributed by atoms with E-state index < -0.39 is 7.92 Å². The molecular weight excluding hydrogens is 385 g/mol. The average molecular weight is 400 g/mol. The summed E-state index contributed by atoms with van der Waals surface area (Å²) >= 11 is 9.22. The van der Waals surface area contributed by atoms with Crippen LogP contribution in [-0.4, -0.2) is 4.73 Å². The first-order valence-electron chi connectivity index (χ1n) is 7.21. The average Bonchev–Trinajstić information content (AvgIpc) is 2.59. The zero-order chi connectivity index (χ0) is 16.1. The van der Waals surface area contributed by atoms with Gasteiger partial charge >= 0.3 is 0 Å². The van der Waals surface area contributed by atoms with E-state index in [2.05, 4.69) is 69.8 Å². The van der Waals surface area contributed by atoms with E-state index in [-0.39, 0.29) is 0 Å². The molecule has 0 heterocycles. The molecule has 3 aromatic rings. The minimum Gasteiger partial charge on any atom is -0.346 e. The van der Waals surface area contributed by atoms with Gasteiger partial charge in [0.15, 0.2) is 0 Å². The largest absolute Gasteiger partial charge is 0.346 e. The molecule has 0 saturated heterocycles. The Morgan fingerprint density at radius 1 is 0.739 bits per heavy atom. The van der Waals surface area contributed by atoms with E-state index >= 15 is 0 Å². The molecule has 4 heteroatoms. The van der Waals surface area contributed by atoms with Gasteiger partial charge < -0.3 is 5.32 Å². The Kier molecular flexibility index (Phi) is 5.56. The van der Waals surface area contributed by atoms with E-state index in [1.165, 1.54) is 10.6 Å². The van der Waals surface area contributed by atoms with Crippen molar-refractivity contribution < 1.29 is 0 Å². The van der Waals surface area contributed by atoms with Crippen molar-refractivity contribution in [3.05, 3.63) is 89.4 Å². The monoisotopic (exact) mass is 399 g/mol. The highest BCUT2D eigenvalue weighted by atomic mass is 79.9. The van der Waals surface area contributed by atoms with Crippen LogP contribution in [0.25, 0.3) is 0 Å². The minimum atomic E-state index is -0.735. The summed E-state index contributed by atoms with van der Waals surface area (Å²) in [6.45, 7) is 0. The second kappa shape index (κ2) is 7.83. The number of hydrogen-bond acceptors (Lipinski definition) is 1. The van der Waals surface area contributed by atoms with Gasteiger partial charge in [-0.3, -0.25) is 0 Å². The quantitative estimate of drug-likeness (QED) is 0.473. The molecule has 0 fully saturated rings. The molecule has 1 nitrogen and oxygen atoms in total. The molecule has 0 radical (unpaired) electrons. The summed E-state index contributed by atoms with van der Waals surface area (Å²) in [5, 5.41) is 5.91. The fourth-order valence-electron chi connectivity index (χ4n) is 2.25. The standard InChI is InChI=1S/C19H15BrNPS/c20-15-11-13-16(14-12-15)21-19(23)22(17-7-3-1-4-8-17)18-9-5-2-6-10-18/h1-14H,(H,21,23). The summed E-state index contributed by atoms with van der Waals surface area (Å²) < 4.78 is 1.92. The maximum atomic E-state index is 5.76. The third-order valence-corrected chi connectivity index (χ3v) is 6.65. The predicted molar refractivity (Wildman–Crippen MR) is 109 cm³/mol. The Labute approximate surface area is 151 Å². The van der Waals surface area contributed by atoms with Crippen molar-refractivity contribution in [2.45, 2.75) is 0 Å². The van der Waals surface area contributed by atoms with E-state index in [9.17, 15) is 0 Å². The minimum absolute atomic E-state index is 0.735. The zero-order valence-electron chi connectivity index (χ0n) is 12.3. The molecule has 0 aliphatic heterocycles. The van der Waals surface area contributed by atoms with E-state index in [1.807, 2.05) is 36.4 Å². The van der Waals surface area contributed by atoms with Gasteiger partial charge in [0, 0.05) is 18.1 Å². The Hall–Kier alpha value is -1.54. The maximum absolute atomic E-state index is 5.76. The van der Waals surface area contributed by atoms with E-state index in [1.54, 1.807) is 0 Å². The molecule has 0 unspecified atom stereocenters. The molecule has 0 aromatic heterocycles. The van der Waals surface area contributed by atoms with Gasteiger partial charge in [-0.1, -0.05) is 88.8 Å². The first-order valence-corrected chi connectivity index (χ1v) is 9.75. The maximum Gasteiger partial charge on any atom is 0.112 e. The summed E-state index contributed by atoms with van der Waals surface area (Å²) in [5.41, 5.74) is 1.01. The van der Waals surface area contributed by atoms with Crippen LogP contribution in [0.4, 0.5) is 5.69 Å². The summed E-state index contributed by atoms with van der Waals surface area (Å²) in [6, 6.07) is 29.0. The van der Waals surface area contributed by atoms with Crippen molar-refractivity contribution in [2.24, 2.45) is 0 Å². The SMILES string of the molecule is S=C(Nc1ccc(Br)cc1)P(c1ccccc1)c1ccccc1. The fraction of sp³-hybridized carbons (Fsp3) is 0. The Bertz CT molecular complexity index is 736. The van der Waals surface area contributed by atoms with Crippen LogP contribution in [0.2, 0.25) is 0 Å². The lowest BCUT2D eigenvalue weighted by Crippen LogP contribution is -2.21. The molecule has 0 spiro atoms. The normalized spacial score (nSPS) is 10.5. The molecule has 0 aliphatic carbocycles. The highest BCUT2D eigenvalue weighted by molar-refractivity contribution is 9.10. The smallest absolute Gasteiger partial charge is 0.112 e. The number of thiocarbonyl (C=S) groups is 1. The van der Waals surface area contributed by atoms with Crippen molar-refractivity contribution in [2.75, 3.05) is 5.32 Å². The molecule has 1 N–H and O–H groups in total. The van der Waals surface area contributed by atoms with Crippen LogP contribution in [0.1, 0.15) is 0 Å². The van der Waals surface area contributed by atoms with Crippen molar-refractivity contribution in [3.8, 4) is 0 Å². The zero-order valence-corrected chi connectivity index (χ0v) is 15.6. The Balaban J connectivity index is 1.92. The van der Waals surface area contributed by atoms with E-state index in [4.69, 9.17) is 12.2 Å². The van der Waals surface area contributed by atoms with Gasteiger partial charge in [-0.15, -0.1) is 0 Å². The van der Waals surface area contributed by atoms with Gasteiger partial charge in [-0.05, 0) is 34.9 Å².